The number of aryl methyl sites for hydroxylation is 2. The predicted octanol–water partition coefficient (Wildman–Crippen LogP) is 2.14. The lowest BCUT2D eigenvalue weighted by Crippen LogP contribution is -2.15. The van der Waals surface area contributed by atoms with Crippen LogP contribution in [-0.2, 0) is 19.6 Å². The lowest BCUT2D eigenvalue weighted by molar-refractivity contribution is -0.141. The Morgan fingerprint density at radius 1 is 1.17 bits per heavy atom. The standard InChI is InChI=1S/C14H14F3N7/c1-8-5-10(14(15,16)17)22-11(21-8)3-4-18-13-19-6-9-12(23-13)20-7-24(9)2/h5-7H,3-4H2,1-2H3,(H,18,19,23). The van der Waals surface area contributed by atoms with E-state index in [1.54, 1.807) is 17.1 Å². The third-order valence-electron chi connectivity index (χ3n) is 3.31. The van der Waals surface area contributed by atoms with E-state index < -0.39 is 11.9 Å². The van der Waals surface area contributed by atoms with Gasteiger partial charge in [-0.1, -0.05) is 0 Å². The summed E-state index contributed by atoms with van der Waals surface area (Å²) >= 11 is 0. The predicted molar refractivity (Wildman–Crippen MR) is 80.3 cm³/mol. The Hall–Kier alpha value is -2.78. The number of halogens is 3. The average Bonchev–Trinajstić information content (AvgIpc) is 2.87. The van der Waals surface area contributed by atoms with Crippen LogP contribution in [0.2, 0.25) is 0 Å². The highest BCUT2D eigenvalue weighted by Gasteiger charge is 2.33. The Kier molecular flexibility index (Phi) is 4.04. The highest BCUT2D eigenvalue weighted by atomic mass is 19.4. The van der Waals surface area contributed by atoms with Gasteiger partial charge in [-0.2, -0.15) is 18.2 Å². The molecule has 3 aromatic rings. The quantitative estimate of drug-likeness (QED) is 0.785. The highest BCUT2D eigenvalue weighted by molar-refractivity contribution is 5.70. The SMILES string of the molecule is Cc1cc(C(F)(F)F)nc(CCNc2ncc3c(ncn3C)n2)n1. The van der Waals surface area contributed by atoms with Crippen molar-refractivity contribution in [3.8, 4) is 0 Å². The number of nitrogens with one attached hydrogen (secondary N) is 1. The number of rotatable bonds is 4. The number of fused-ring (bicyclic) bond motifs is 1. The molecule has 126 valence electrons. The molecule has 3 aromatic heterocycles. The monoisotopic (exact) mass is 337 g/mol. The molecule has 0 saturated heterocycles. The van der Waals surface area contributed by atoms with Crippen molar-refractivity contribution < 1.29 is 13.2 Å². The minimum Gasteiger partial charge on any atom is -0.354 e. The van der Waals surface area contributed by atoms with Crippen LogP contribution < -0.4 is 5.32 Å². The van der Waals surface area contributed by atoms with Crippen molar-refractivity contribution in [1.29, 1.82) is 0 Å². The molecule has 0 aliphatic carbocycles. The van der Waals surface area contributed by atoms with Crippen LogP contribution in [-0.4, -0.2) is 36.0 Å². The molecule has 0 radical (unpaired) electrons. The second-order valence-corrected chi connectivity index (χ2v) is 5.24. The lowest BCUT2D eigenvalue weighted by Gasteiger charge is -2.09. The zero-order valence-corrected chi connectivity index (χ0v) is 13.0. The Morgan fingerprint density at radius 2 is 1.96 bits per heavy atom. The van der Waals surface area contributed by atoms with Crippen molar-refractivity contribution in [2.75, 3.05) is 11.9 Å². The first-order valence-corrected chi connectivity index (χ1v) is 7.12. The second-order valence-electron chi connectivity index (χ2n) is 5.24. The van der Waals surface area contributed by atoms with Crippen LogP contribution in [0.15, 0.2) is 18.6 Å². The van der Waals surface area contributed by atoms with Crippen LogP contribution in [0.1, 0.15) is 17.2 Å². The van der Waals surface area contributed by atoms with E-state index in [0.29, 0.717) is 18.1 Å². The van der Waals surface area contributed by atoms with Gasteiger partial charge in [-0.05, 0) is 13.0 Å². The van der Waals surface area contributed by atoms with Gasteiger partial charge in [0.05, 0.1) is 12.5 Å². The van der Waals surface area contributed by atoms with Crippen molar-refractivity contribution in [1.82, 2.24) is 29.5 Å². The zero-order valence-electron chi connectivity index (χ0n) is 13.0. The van der Waals surface area contributed by atoms with Gasteiger partial charge in [0.15, 0.2) is 5.65 Å². The van der Waals surface area contributed by atoms with Gasteiger partial charge in [0, 0.05) is 25.7 Å². The molecule has 7 nitrogen and oxygen atoms in total. The lowest BCUT2D eigenvalue weighted by atomic mass is 10.3. The van der Waals surface area contributed by atoms with Gasteiger partial charge in [0.2, 0.25) is 5.95 Å². The van der Waals surface area contributed by atoms with E-state index in [0.717, 1.165) is 11.6 Å². The smallest absolute Gasteiger partial charge is 0.354 e. The van der Waals surface area contributed by atoms with Crippen molar-refractivity contribution in [2.24, 2.45) is 7.05 Å². The number of nitrogens with zero attached hydrogens (tertiary/aromatic N) is 6. The molecule has 1 N–H and O–H groups in total. The molecule has 0 amide bonds. The van der Waals surface area contributed by atoms with E-state index >= 15 is 0 Å². The Bertz CT molecular complexity index is 872. The van der Waals surface area contributed by atoms with E-state index in [9.17, 15) is 13.2 Å². The summed E-state index contributed by atoms with van der Waals surface area (Å²) in [5.41, 5.74) is 0.674. The number of hydrogen-bond acceptors (Lipinski definition) is 6. The van der Waals surface area contributed by atoms with Gasteiger partial charge >= 0.3 is 6.18 Å². The average molecular weight is 337 g/mol. The molecular weight excluding hydrogens is 323 g/mol. The third kappa shape index (κ3) is 3.42. The highest BCUT2D eigenvalue weighted by Crippen LogP contribution is 2.27. The summed E-state index contributed by atoms with van der Waals surface area (Å²) < 4.78 is 40.0. The van der Waals surface area contributed by atoms with Crippen LogP contribution in [0.25, 0.3) is 11.2 Å². The summed E-state index contributed by atoms with van der Waals surface area (Å²) in [6.07, 6.45) is -1.01. The molecule has 3 rings (SSSR count). The molecule has 0 unspecified atom stereocenters. The molecule has 0 aliphatic heterocycles. The summed E-state index contributed by atoms with van der Waals surface area (Å²) in [4.78, 5) is 20.1. The van der Waals surface area contributed by atoms with Crippen LogP contribution in [0.3, 0.4) is 0 Å². The molecule has 0 spiro atoms. The maximum absolute atomic E-state index is 12.8. The number of aromatic nitrogens is 6. The van der Waals surface area contributed by atoms with Crippen molar-refractivity contribution >= 4 is 17.1 Å². The number of anilines is 1. The summed E-state index contributed by atoms with van der Waals surface area (Å²) in [5, 5.41) is 2.94. The van der Waals surface area contributed by atoms with Crippen LogP contribution >= 0.6 is 0 Å². The van der Waals surface area contributed by atoms with Gasteiger partial charge in [0.1, 0.15) is 17.0 Å². The van der Waals surface area contributed by atoms with Crippen molar-refractivity contribution in [3.63, 3.8) is 0 Å². The van der Waals surface area contributed by atoms with E-state index in [2.05, 4.69) is 30.2 Å². The zero-order chi connectivity index (χ0) is 17.3. The van der Waals surface area contributed by atoms with E-state index in [-0.39, 0.29) is 17.9 Å². The maximum Gasteiger partial charge on any atom is 0.433 e. The Labute approximate surface area is 135 Å². The third-order valence-corrected chi connectivity index (χ3v) is 3.31. The van der Waals surface area contributed by atoms with Crippen LogP contribution in [0.5, 0.6) is 0 Å². The minimum absolute atomic E-state index is 0.119. The molecule has 24 heavy (non-hydrogen) atoms. The van der Waals surface area contributed by atoms with Crippen LogP contribution in [0, 0.1) is 6.92 Å². The fourth-order valence-corrected chi connectivity index (χ4v) is 2.17. The number of imidazole rings is 1. The minimum atomic E-state index is -4.48. The molecule has 0 atom stereocenters. The molecule has 10 heteroatoms. The topological polar surface area (TPSA) is 81.4 Å². The molecule has 0 fully saturated rings. The van der Waals surface area contributed by atoms with Crippen molar-refractivity contribution in [2.45, 2.75) is 19.5 Å². The van der Waals surface area contributed by atoms with Gasteiger partial charge in [-0.25, -0.2) is 19.9 Å². The fourth-order valence-electron chi connectivity index (χ4n) is 2.17. The normalized spacial score (nSPS) is 11.9. The summed E-state index contributed by atoms with van der Waals surface area (Å²) in [5.74, 6) is 0.471. The van der Waals surface area contributed by atoms with Gasteiger partial charge in [-0.15, -0.1) is 0 Å². The van der Waals surface area contributed by atoms with Crippen LogP contribution in [0.4, 0.5) is 19.1 Å². The molecule has 0 aromatic carbocycles. The number of hydrogen-bond donors (Lipinski definition) is 1. The van der Waals surface area contributed by atoms with E-state index in [4.69, 9.17) is 0 Å². The first kappa shape index (κ1) is 16.1. The first-order valence-electron chi connectivity index (χ1n) is 7.12. The van der Waals surface area contributed by atoms with Gasteiger partial charge in [0.25, 0.3) is 0 Å². The molecule has 3 heterocycles. The maximum atomic E-state index is 12.8. The molecule has 0 aliphatic rings. The van der Waals surface area contributed by atoms with Gasteiger partial charge in [-0.3, -0.25) is 0 Å². The Morgan fingerprint density at radius 3 is 2.71 bits per heavy atom. The largest absolute Gasteiger partial charge is 0.433 e. The molecule has 0 bridgehead atoms. The van der Waals surface area contributed by atoms with Crippen molar-refractivity contribution in [3.05, 3.63) is 35.8 Å². The Balaban J connectivity index is 1.68. The van der Waals surface area contributed by atoms with E-state index in [1.807, 2.05) is 7.05 Å². The fraction of sp³-hybridized carbons (Fsp3) is 0.357. The number of alkyl halides is 3. The first-order chi connectivity index (χ1) is 11.3. The molecular formula is C14H14F3N7. The summed E-state index contributed by atoms with van der Waals surface area (Å²) in [7, 11) is 1.83. The molecule has 0 saturated carbocycles. The summed E-state index contributed by atoms with van der Waals surface area (Å²) in [6, 6.07) is 0.926. The summed E-state index contributed by atoms with van der Waals surface area (Å²) in [6.45, 7) is 1.81. The van der Waals surface area contributed by atoms with Gasteiger partial charge < -0.3 is 9.88 Å². The second kappa shape index (κ2) is 6.02. The van der Waals surface area contributed by atoms with E-state index in [1.165, 1.54) is 6.92 Å².